The number of carboxylic acid groups (broad SMARTS) is 2. The number of ether oxygens (including phenoxy) is 1. The maximum Gasteiger partial charge on any atom is 0.315 e. The van der Waals surface area contributed by atoms with Crippen molar-refractivity contribution >= 4 is 52.3 Å². The maximum atomic E-state index is 14.0. The second kappa shape index (κ2) is 17.9. The molecule has 276 valence electrons. The molecule has 0 aliphatic heterocycles. The zero-order valence-corrected chi connectivity index (χ0v) is 29.0. The molecule has 0 bridgehead atoms. The van der Waals surface area contributed by atoms with Gasteiger partial charge in [-0.1, -0.05) is 81.3 Å². The van der Waals surface area contributed by atoms with Crippen LogP contribution in [0.3, 0.4) is 0 Å². The van der Waals surface area contributed by atoms with Gasteiger partial charge in [0.05, 0.1) is 24.7 Å². The molecule has 5 atom stereocenters. The summed E-state index contributed by atoms with van der Waals surface area (Å²) in [5.74, 6) is -8.73. The Morgan fingerprint density at radius 1 is 0.808 bits per heavy atom. The monoisotopic (exact) mass is 716 g/mol. The van der Waals surface area contributed by atoms with E-state index in [0.717, 1.165) is 16.3 Å². The number of hydrogen-bond donors (Lipinski definition) is 6. The Bertz CT molecular complexity index is 1820. The molecule has 4 rings (SSSR count). The first-order chi connectivity index (χ1) is 24.7. The first-order valence-corrected chi connectivity index (χ1v) is 17.2. The van der Waals surface area contributed by atoms with Crippen molar-refractivity contribution in [2.75, 3.05) is 0 Å². The van der Waals surface area contributed by atoms with Crippen LogP contribution in [0, 0.1) is 17.8 Å². The molecule has 3 aromatic rings. The van der Waals surface area contributed by atoms with E-state index in [1.807, 2.05) is 42.5 Å². The van der Waals surface area contributed by atoms with Crippen LogP contribution in [0.5, 0.6) is 5.75 Å². The van der Waals surface area contributed by atoms with Crippen molar-refractivity contribution in [3.8, 4) is 5.75 Å². The van der Waals surface area contributed by atoms with E-state index in [0.29, 0.717) is 12.8 Å². The Morgan fingerprint density at radius 3 is 2.13 bits per heavy atom. The van der Waals surface area contributed by atoms with Crippen molar-refractivity contribution in [1.82, 2.24) is 16.0 Å². The lowest BCUT2D eigenvalue weighted by atomic mass is 9.78. The first kappa shape index (κ1) is 39.0. The Balaban J connectivity index is 1.62. The second-order valence-corrected chi connectivity index (χ2v) is 13.4. The average Bonchev–Trinajstić information content (AvgIpc) is 3.09. The van der Waals surface area contributed by atoms with Crippen LogP contribution in [-0.4, -0.2) is 63.8 Å². The first-order valence-electron chi connectivity index (χ1n) is 17.2. The fourth-order valence-corrected chi connectivity index (χ4v) is 6.45. The van der Waals surface area contributed by atoms with E-state index >= 15 is 0 Å². The standard InChI is InChI=1S/C38H44N4O10/c1-21(2)17-29(34(39)46)40-36(48)30(20-31(43)44)41-37(49)33(42-35(47)27-15-5-6-16-28(27)38(50)51)24-12-8-13-25(18-24)52-32(45)19-23-11-7-10-22-9-3-4-14-26(22)23/h3-4,7-14,18,21,27-30,33H,5-6,15-17,19-20H2,1-2H3,(H2,39,46)(H,40,48)(H,41,49)(H,42,47)(H,43,44)(H,50,51). The Kier molecular flexibility index (Phi) is 13.4. The van der Waals surface area contributed by atoms with Gasteiger partial charge in [0.15, 0.2) is 0 Å². The molecule has 1 aliphatic rings. The SMILES string of the molecule is CC(C)CC(NC(=O)C(CC(=O)O)NC(=O)C(NC(=O)C1CCCCC1C(=O)O)c1cccc(OC(=O)Cc2cccc3ccccc23)c1)C(N)=O. The summed E-state index contributed by atoms with van der Waals surface area (Å²) in [5, 5.41) is 28.6. The predicted octanol–water partition coefficient (Wildman–Crippen LogP) is 3.01. The summed E-state index contributed by atoms with van der Waals surface area (Å²) in [6.45, 7) is 3.59. The van der Waals surface area contributed by atoms with E-state index in [1.165, 1.54) is 24.3 Å². The lowest BCUT2D eigenvalue weighted by Gasteiger charge is -2.30. The predicted molar refractivity (Wildman–Crippen MR) is 188 cm³/mol. The number of esters is 1. The van der Waals surface area contributed by atoms with E-state index in [4.69, 9.17) is 10.5 Å². The quantitative estimate of drug-likeness (QED) is 0.0937. The molecule has 0 radical (unpaired) electrons. The minimum Gasteiger partial charge on any atom is -0.481 e. The molecule has 1 fully saturated rings. The number of amides is 4. The summed E-state index contributed by atoms with van der Waals surface area (Å²) >= 11 is 0. The number of rotatable bonds is 16. The molecule has 1 aliphatic carbocycles. The maximum absolute atomic E-state index is 14.0. The van der Waals surface area contributed by atoms with E-state index in [9.17, 15) is 43.8 Å². The number of benzene rings is 3. The van der Waals surface area contributed by atoms with Crippen LogP contribution in [0.1, 0.15) is 69.5 Å². The molecule has 0 heterocycles. The van der Waals surface area contributed by atoms with Crippen LogP contribution < -0.4 is 26.4 Å². The van der Waals surface area contributed by atoms with Gasteiger partial charge < -0.3 is 36.6 Å². The van der Waals surface area contributed by atoms with Crippen LogP contribution in [0.2, 0.25) is 0 Å². The summed E-state index contributed by atoms with van der Waals surface area (Å²) in [4.78, 5) is 89.7. The Morgan fingerprint density at radius 2 is 1.46 bits per heavy atom. The van der Waals surface area contributed by atoms with Gasteiger partial charge in [-0.05, 0) is 59.2 Å². The van der Waals surface area contributed by atoms with E-state index in [2.05, 4.69) is 16.0 Å². The zero-order valence-electron chi connectivity index (χ0n) is 29.0. The highest BCUT2D eigenvalue weighted by atomic mass is 16.5. The number of carbonyl (C=O) groups excluding carboxylic acids is 5. The number of nitrogens with two attached hydrogens (primary N) is 1. The van der Waals surface area contributed by atoms with Gasteiger partial charge in [0.25, 0.3) is 0 Å². The van der Waals surface area contributed by atoms with Gasteiger partial charge in [0.1, 0.15) is 23.9 Å². The molecule has 52 heavy (non-hydrogen) atoms. The number of hydrogen-bond acceptors (Lipinski definition) is 8. The number of primary amides is 1. The topological polar surface area (TPSA) is 231 Å². The van der Waals surface area contributed by atoms with Gasteiger partial charge in [-0.25, -0.2) is 0 Å². The molecule has 4 amide bonds. The highest BCUT2D eigenvalue weighted by Gasteiger charge is 2.38. The summed E-state index contributed by atoms with van der Waals surface area (Å²) in [7, 11) is 0. The van der Waals surface area contributed by atoms with Crippen molar-refractivity contribution in [2.45, 2.75) is 76.9 Å². The molecule has 5 unspecified atom stereocenters. The van der Waals surface area contributed by atoms with Crippen LogP contribution in [-0.2, 0) is 40.0 Å². The minimum absolute atomic E-state index is 0.0358. The third-order valence-electron chi connectivity index (χ3n) is 8.99. The molecule has 0 aromatic heterocycles. The van der Waals surface area contributed by atoms with Gasteiger partial charge in [0.2, 0.25) is 23.6 Å². The summed E-state index contributed by atoms with van der Waals surface area (Å²) in [5.41, 5.74) is 6.29. The minimum atomic E-state index is -1.69. The van der Waals surface area contributed by atoms with Crippen molar-refractivity contribution in [3.63, 3.8) is 0 Å². The van der Waals surface area contributed by atoms with E-state index in [-0.39, 0.29) is 42.9 Å². The number of carbonyl (C=O) groups is 7. The van der Waals surface area contributed by atoms with E-state index in [1.54, 1.807) is 13.8 Å². The fraction of sp³-hybridized carbons (Fsp3) is 0.395. The molecule has 7 N–H and O–H groups in total. The number of carboxylic acids is 2. The van der Waals surface area contributed by atoms with Gasteiger partial charge in [-0.15, -0.1) is 0 Å². The number of nitrogens with one attached hydrogen (secondary N) is 3. The van der Waals surface area contributed by atoms with Gasteiger partial charge in [-0.2, -0.15) is 0 Å². The summed E-state index contributed by atoms with van der Waals surface area (Å²) in [6.07, 6.45) is 0.958. The molecular formula is C38H44N4O10. The van der Waals surface area contributed by atoms with Gasteiger partial charge in [-0.3, -0.25) is 33.6 Å². The average molecular weight is 717 g/mol. The Labute approximate surface area is 300 Å². The van der Waals surface area contributed by atoms with Crippen molar-refractivity contribution in [2.24, 2.45) is 23.5 Å². The van der Waals surface area contributed by atoms with Crippen molar-refractivity contribution < 1.29 is 48.5 Å². The highest BCUT2D eigenvalue weighted by Crippen LogP contribution is 2.32. The van der Waals surface area contributed by atoms with Crippen LogP contribution in [0.15, 0.2) is 66.7 Å². The van der Waals surface area contributed by atoms with Crippen LogP contribution >= 0.6 is 0 Å². The second-order valence-electron chi connectivity index (χ2n) is 13.4. The third-order valence-corrected chi connectivity index (χ3v) is 8.99. The molecule has 0 spiro atoms. The zero-order chi connectivity index (χ0) is 37.9. The molecule has 0 saturated heterocycles. The molecule has 1 saturated carbocycles. The molecule has 3 aromatic carbocycles. The lowest BCUT2D eigenvalue weighted by Crippen LogP contribution is -2.55. The summed E-state index contributed by atoms with van der Waals surface area (Å²) in [6, 6.07) is 14.5. The molecular weight excluding hydrogens is 672 g/mol. The number of fused-ring (bicyclic) bond motifs is 1. The fourth-order valence-electron chi connectivity index (χ4n) is 6.45. The van der Waals surface area contributed by atoms with Crippen LogP contribution in [0.4, 0.5) is 0 Å². The number of aliphatic carboxylic acids is 2. The Hall–Kier alpha value is -5.79. The van der Waals surface area contributed by atoms with Crippen molar-refractivity contribution in [1.29, 1.82) is 0 Å². The van der Waals surface area contributed by atoms with Crippen molar-refractivity contribution in [3.05, 3.63) is 77.9 Å². The molecule has 14 nitrogen and oxygen atoms in total. The van der Waals surface area contributed by atoms with Gasteiger partial charge >= 0.3 is 17.9 Å². The van der Waals surface area contributed by atoms with Gasteiger partial charge in [0, 0.05) is 0 Å². The third kappa shape index (κ3) is 10.6. The summed E-state index contributed by atoms with van der Waals surface area (Å²) < 4.78 is 5.63. The smallest absolute Gasteiger partial charge is 0.315 e. The normalized spacial score (nSPS) is 17.3. The highest BCUT2D eigenvalue weighted by molar-refractivity contribution is 5.97. The largest absolute Gasteiger partial charge is 0.481 e. The van der Waals surface area contributed by atoms with Crippen LogP contribution in [0.25, 0.3) is 10.8 Å². The lowest BCUT2D eigenvalue weighted by molar-refractivity contribution is -0.149. The molecule has 14 heteroatoms. The van der Waals surface area contributed by atoms with E-state index < -0.39 is 77.9 Å².